The number of anilines is 1. The van der Waals surface area contributed by atoms with Crippen molar-refractivity contribution in [3.05, 3.63) is 22.1 Å². The van der Waals surface area contributed by atoms with E-state index in [1.807, 2.05) is 6.92 Å². The number of hydrogen-bond acceptors (Lipinski definition) is 5. The molecule has 0 aromatic carbocycles. The number of aromatic nitrogens is 2. The molecule has 0 radical (unpaired) electrons. The van der Waals surface area contributed by atoms with E-state index >= 15 is 0 Å². The van der Waals surface area contributed by atoms with Gasteiger partial charge in [-0.1, -0.05) is 6.92 Å². The van der Waals surface area contributed by atoms with E-state index in [1.165, 1.54) is 0 Å². The average Bonchev–Trinajstić information content (AvgIpc) is 2.38. The van der Waals surface area contributed by atoms with Gasteiger partial charge in [0, 0.05) is 44.5 Å². The summed E-state index contributed by atoms with van der Waals surface area (Å²) in [6, 6.07) is 0. The van der Waals surface area contributed by atoms with Crippen LogP contribution < -0.4 is 15.8 Å². The molecule has 0 aliphatic carbocycles. The highest BCUT2D eigenvalue weighted by molar-refractivity contribution is 5.30. The number of rotatable bonds is 4. The van der Waals surface area contributed by atoms with Gasteiger partial charge in [-0.15, -0.1) is 0 Å². The SMILES string of the molecule is CCNCc1cnc(N2CCN(C)CC2)[nH]c1=O. The molecule has 1 aliphatic heterocycles. The predicted molar refractivity (Wildman–Crippen MR) is 71.9 cm³/mol. The van der Waals surface area contributed by atoms with E-state index < -0.39 is 0 Å². The molecule has 1 aromatic heterocycles. The lowest BCUT2D eigenvalue weighted by atomic mass is 10.3. The summed E-state index contributed by atoms with van der Waals surface area (Å²) >= 11 is 0. The van der Waals surface area contributed by atoms with Gasteiger partial charge in [0.2, 0.25) is 5.95 Å². The Morgan fingerprint density at radius 3 is 2.72 bits per heavy atom. The summed E-state index contributed by atoms with van der Waals surface area (Å²) in [5, 5.41) is 3.13. The van der Waals surface area contributed by atoms with Crippen LogP contribution in [0, 0.1) is 0 Å². The Hall–Kier alpha value is -1.40. The van der Waals surface area contributed by atoms with E-state index in [0.29, 0.717) is 18.1 Å². The van der Waals surface area contributed by atoms with Crippen LogP contribution in [0.1, 0.15) is 12.5 Å². The van der Waals surface area contributed by atoms with Gasteiger partial charge in [-0.05, 0) is 13.6 Å². The largest absolute Gasteiger partial charge is 0.340 e. The zero-order chi connectivity index (χ0) is 13.0. The highest BCUT2D eigenvalue weighted by Crippen LogP contribution is 2.07. The maximum absolute atomic E-state index is 11.9. The van der Waals surface area contributed by atoms with Crippen molar-refractivity contribution in [3.8, 4) is 0 Å². The normalized spacial score (nSPS) is 17.1. The second-order valence-corrected chi connectivity index (χ2v) is 4.63. The summed E-state index contributed by atoms with van der Waals surface area (Å²) < 4.78 is 0. The Morgan fingerprint density at radius 1 is 1.39 bits per heavy atom. The third-order valence-electron chi connectivity index (χ3n) is 3.23. The van der Waals surface area contributed by atoms with Gasteiger partial charge in [0.05, 0.1) is 0 Å². The maximum atomic E-state index is 11.9. The summed E-state index contributed by atoms with van der Waals surface area (Å²) in [7, 11) is 2.10. The van der Waals surface area contributed by atoms with E-state index in [0.717, 1.165) is 32.7 Å². The fourth-order valence-electron chi connectivity index (χ4n) is 1.98. The first-order chi connectivity index (χ1) is 8.70. The molecule has 100 valence electrons. The van der Waals surface area contributed by atoms with Crippen LogP contribution in [0.25, 0.3) is 0 Å². The Labute approximate surface area is 107 Å². The van der Waals surface area contributed by atoms with Crippen LogP contribution >= 0.6 is 0 Å². The monoisotopic (exact) mass is 251 g/mol. The van der Waals surface area contributed by atoms with Crippen molar-refractivity contribution in [3.63, 3.8) is 0 Å². The molecule has 0 spiro atoms. The highest BCUT2D eigenvalue weighted by atomic mass is 16.1. The summed E-state index contributed by atoms with van der Waals surface area (Å²) in [5.41, 5.74) is 0.648. The van der Waals surface area contributed by atoms with E-state index in [-0.39, 0.29) is 5.56 Å². The number of aromatic amines is 1. The molecule has 1 aromatic rings. The molecular formula is C12H21N5O. The van der Waals surface area contributed by atoms with Crippen LogP contribution in [0.2, 0.25) is 0 Å². The minimum atomic E-state index is -0.0418. The quantitative estimate of drug-likeness (QED) is 0.764. The van der Waals surface area contributed by atoms with Gasteiger partial charge in [0.1, 0.15) is 0 Å². The minimum Gasteiger partial charge on any atom is -0.340 e. The van der Waals surface area contributed by atoms with Crippen molar-refractivity contribution in [2.75, 3.05) is 44.7 Å². The number of likely N-dealkylation sites (N-methyl/N-ethyl adjacent to an activating group) is 1. The number of H-pyrrole nitrogens is 1. The number of hydrogen-bond donors (Lipinski definition) is 2. The molecule has 0 amide bonds. The van der Waals surface area contributed by atoms with Crippen LogP contribution in [0.15, 0.2) is 11.0 Å². The predicted octanol–water partition coefficient (Wildman–Crippen LogP) is -0.369. The lowest BCUT2D eigenvalue weighted by molar-refractivity contribution is 0.311. The molecule has 2 rings (SSSR count). The topological polar surface area (TPSA) is 64.3 Å². The molecule has 6 nitrogen and oxygen atoms in total. The van der Waals surface area contributed by atoms with Gasteiger partial charge >= 0.3 is 0 Å². The molecular weight excluding hydrogens is 230 g/mol. The van der Waals surface area contributed by atoms with Crippen LogP contribution in [0.4, 0.5) is 5.95 Å². The van der Waals surface area contributed by atoms with Gasteiger partial charge in [-0.3, -0.25) is 9.78 Å². The third-order valence-corrected chi connectivity index (χ3v) is 3.23. The minimum absolute atomic E-state index is 0.0418. The van der Waals surface area contributed by atoms with E-state index in [2.05, 4.69) is 32.1 Å². The molecule has 18 heavy (non-hydrogen) atoms. The van der Waals surface area contributed by atoms with Gasteiger partial charge in [0.15, 0.2) is 0 Å². The molecule has 1 saturated heterocycles. The van der Waals surface area contributed by atoms with E-state index in [4.69, 9.17) is 0 Å². The maximum Gasteiger partial charge on any atom is 0.256 e. The molecule has 0 unspecified atom stereocenters. The fraction of sp³-hybridized carbons (Fsp3) is 0.667. The zero-order valence-corrected chi connectivity index (χ0v) is 11.1. The van der Waals surface area contributed by atoms with Crippen molar-refractivity contribution < 1.29 is 0 Å². The molecule has 1 fully saturated rings. The highest BCUT2D eigenvalue weighted by Gasteiger charge is 2.16. The summed E-state index contributed by atoms with van der Waals surface area (Å²) in [6.45, 7) is 7.26. The number of nitrogens with one attached hydrogen (secondary N) is 2. The van der Waals surface area contributed by atoms with Crippen molar-refractivity contribution in [1.82, 2.24) is 20.2 Å². The molecule has 2 heterocycles. The first kappa shape index (κ1) is 13.0. The van der Waals surface area contributed by atoms with Crippen molar-refractivity contribution >= 4 is 5.95 Å². The molecule has 6 heteroatoms. The van der Waals surface area contributed by atoms with Crippen LogP contribution in [0.5, 0.6) is 0 Å². The first-order valence-electron chi connectivity index (χ1n) is 6.43. The molecule has 2 N–H and O–H groups in total. The van der Waals surface area contributed by atoms with Crippen molar-refractivity contribution in [2.45, 2.75) is 13.5 Å². The first-order valence-corrected chi connectivity index (χ1v) is 6.43. The van der Waals surface area contributed by atoms with Crippen LogP contribution in [0.3, 0.4) is 0 Å². The summed E-state index contributed by atoms with van der Waals surface area (Å²) in [5.74, 6) is 0.688. The van der Waals surface area contributed by atoms with Gasteiger partial charge in [-0.25, -0.2) is 4.98 Å². The van der Waals surface area contributed by atoms with E-state index in [1.54, 1.807) is 6.20 Å². The molecule has 0 atom stereocenters. The lowest BCUT2D eigenvalue weighted by Gasteiger charge is -2.32. The Bertz CT molecular complexity index is 436. The second kappa shape index (κ2) is 5.97. The van der Waals surface area contributed by atoms with Gasteiger partial charge < -0.3 is 15.1 Å². The van der Waals surface area contributed by atoms with Crippen LogP contribution in [-0.2, 0) is 6.54 Å². The van der Waals surface area contributed by atoms with E-state index in [9.17, 15) is 4.79 Å². The standard InChI is InChI=1S/C12H21N5O/c1-3-13-8-10-9-14-12(15-11(10)18)17-6-4-16(2)5-7-17/h9,13H,3-8H2,1-2H3,(H,14,15,18). The number of nitrogens with zero attached hydrogens (tertiary/aromatic N) is 3. The van der Waals surface area contributed by atoms with Gasteiger partial charge in [0.25, 0.3) is 5.56 Å². The molecule has 0 saturated carbocycles. The van der Waals surface area contributed by atoms with Crippen molar-refractivity contribution in [1.29, 1.82) is 0 Å². The molecule has 0 bridgehead atoms. The van der Waals surface area contributed by atoms with Crippen molar-refractivity contribution in [2.24, 2.45) is 0 Å². The lowest BCUT2D eigenvalue weighted by Crippen LogP contribution is -2.45. The fourth-order valence-corrected chi connectivity index (χ4v) is 1.98. The third kappa shape index (κ3) is 3.08. The smallest absolute Gasteiger partial charge is 0.256 e. The average molecular weight is 251 g/mol. The van der Waals surface area contributed by atoms with Crippen LogP contribution in [-0.4, -0.2) is 54.6 Å². The molecule has 1 aliphatic rings. The number of piperazine rings is 1. The zero-order valence-electron chi connectivity index (χ0n) is 11.1. The van der Waals surface area contributed by atoms with Gasteiger partial charge in [-0.2, -0.15) is 0 Å². The Balaban J connectivity index is 2.06. The second-order valence-electron chi connectivity index (χ2n) is 4.63. The Morgan fingerprint density at radius 2 is 2.11 bits per heavy atom. The summed E-state index contributed by atoms with van der Waals surface area (Å²) in [6.07, 6.45) is 1.68. The Kier molecular flexibility index (Phi) is 4.33. The summed E-state index contributed by atoms with van der Waals surface area (Å²) in [4.78, 5) is 23.5.